The van der Waals surface area contributed by atoms with Gasteiger partial charge in [0.2, 0.25) is 5.82 Å². The number of hydrogen-bond acceptors (Lipinski definition) is 6. The van der Waals surface area contributed by atoms with Crippen LogP contribution in [0.5, 0.6) is 5.75 Å². The van der Waals surface area contributed by atoms with Crippen molar-refractivity contribution in [1.29, 1.82) is 5.26 Å². The van der Waals surface area contributed by atoms with Crippen molar-refractivity contribution in [2.24, 2.45) is 0 Å². The highest BCUT2D eigenvalue weighted by Crippen LogP contribution is 2.32. The van der Waals surface area contributed by atoms with Gasteiger partial charge in [0.15, 0.2) is 0 Å². The number of benzene rings is 1. The van der Waals surface area contributed by atoms with Crippen LogP contribution in [0.25, 0.3) is 0 Å². The summed E-state index contributed by atoms with van der Waals surface area (Å²) in [5.74, 6) is 0.362. The second-order valence-corrected chi connectivity index (χ2v) is 4.30. The molecule has 0 fully saturated rings. The molecule has 1 aromatic carbocycles. The summed E-state index contributed by atoms with van der Waals surface area (Å²) in [7, 11) is 1.43. The van der Waals surface area contributed by atoms with Crippen molar-refractivity contribution in [3.8, 4) is 11.8 Å². The summed E-state index contributed by atoms with van der Waals surface area (Å²) in [6.45, 7) is 0. The van der Waals surface area contributed by atoms with E-state index in [-0.39, 0.29) is 16.7 Å². The highest BCUT2D eigenvalue weighted by molar-refractivity contribution is 6.29. The maximum absolute atomic E-state index is 11.0. The molecule has 0 aliphatic rings. The van der Waals surface area contributed by atoms with E-state index in [1.165, 1.54) is 25.3 Å². The molecule has 0 saturated heterocycles. The molecule has 0 amide bonds. The molecule has 0 aliphatic heterocycles. The van der Waals surface area contributed by atoms with Crippen molar-refractivity contribution in [3.63, 3.8) is 0 Å². The number of aromatic nitrogens is 1. The second-order valence-electron chi connectivity index (χ2n) is 3.91. The average Bonchev–Trinajstić information content (AvgIpc) is 2.47. The number of hydrogen-bond donors (Lipinski definition) is 1. The zero-order valence-corrected chi connectivity index (χ0v) is 11.6. The largest absolute Gasteiger partial charge is 0.495 e. The number of ether oxygens (including phenoxy) is 1. The van der Waals surface area contributed by atoms with Crippen molar-refractivity contribution >= 4 is 28.8 Å². The molecule has 0 saturated carbocycles. The summed E-state index contributed by atoms with van der Waals surface area (Å²) in [4.78, 5) is 14.3. The molecule has 0 unspecified atom stereocenters. The summed E-state index contributed by atoms with van der Waals surface area (Å²) in [6, 6.07) is 9.21. The zero-order valence-electron chi connectivity index (χ0n) is 10.8. The van der Waals surface area contributed by atoms with Gasteiger partial charge in [-0.2, -0.15) is 5.26 Å². The minimum Gasteiger partial charge on any atom is -0.495 e. The van der Waals surface area contributed by atoms with E-state index < -0.39 is 4.92 Å². The molecule has 1 heterocycles. The van der Waals surface area contributed by atoms with E-state index >= 15 is 0 Å². The van der Waals surface area contributed by atoms with Gasteiger partial charge in [0.1, 0.15) is 10.9 Å². The number of methoxy groups -OCH3 is 1. The normalized spacial score (nSPS) is 9.76. The van der Waals surface area contributed by atoms with Crippen LogP contribution in [0.2, 0.25) is 5.15 Å². The van der Waals surface area contributed by atoms with Gasteiger partial charge in [-0.1, -0.05) is 11.6 Å². The molecule has 7 nitrogen and oxygen atoms in total. The lowest BCUT2D eigenvalue weighted by Crippen LogP contribution is -2.01. The van der Waals surface area contributed by atoms with Crippen LogP contribution in [0, 0.1) is 21.4 Å². The summed E-state index contributed by atoms with van der Waals surface area (Å²) in [5, 5.41) is 22.7. The SMILES string of the molecule is COc1cc(C#N)ccc1Nc1nc(Cl)ccc1[N+](=O)[O-]. The number of nitro groups is 1. The third kappa shape index (κ3) is 3.19. The first-order valence-electron chi connectivity index (χ1n) is 5.71. The zero-order chi connectivity index (χ0) is 15.4. The molecular formula is C13H9ClN4O3. The minimum atomic E-state index is -0.568. The number of halogens is 1. The van der Waals surface area contributed by atoms with E-state index in [1.54, 1.807) is 12.1 Å². The van der Waals surface area contributed by atoms with E-state index in [9.17, 15) is 10.1 Å². The molecule has 0 spiro atoms. The van der Waals surface area contributed by atoms with Crippen molar-refractivity contribution in [2.45, 2.75) is 0 Å². The van der Waals surface area contributed by atoms with Gasteiger partial charge in [0.25, 0.3) is 0 Å². The average molecular weight is 305 g/mol. The van der Waals surface area contributed by atoms with Crippen molar-refractivity contribution in [3.05, 3.63) is 51.2 Å². The van der Waals surface area contributed by atoms with Crippen LogP contribution in [-0.2, 0) is 0 Å². The third-order valence-corrected chi connectivity index (χ3v) is 2.83. The Morgan fingerprint density at radius 1 is 1.43 bits per heavy atom. The molecule has 0 bridgehead atoms. The molecule has 1 aromatic heterocycles. The lowest BCUT2D eigenvalue weighted by Gasteiger charge is -2.11. The van der Waals surface area contributed by atoms with Crippen LogP contribution in [0.4, 0.5) is 17.2 Å². The van der Waals surface area contributed by atoms with Gasteiger partial charge in [-0.3, -0.25) is 10.1 Å². The monoisotopic (exact) mass is 304 g/mol. The van der Waals surface area contributed by atoms with Gasteiger partial charge < -0.3 is 10.1 Å². The Labute approximate surface area is 124 Å². The standard InChI is InChI=1S/C13H9ClN4O3/c1-21-11-6-8(7-15)2-3-9(11)16-13-10(18(19)20)4-5-12(14)17-13/h2-6H,1H3,(H,16,17). The van der Waals surface area contributed by atoms with Gasteiger partial charge >= 0.3 is 5.69 Å². The smallest absolute Gasteiger partial charge is 0.311 e. The highest BCUT2D eigenvalue weighted by Gasteiger charge is 2.17. The minimum absolute atomic E-state index is 0.00416. The van der Waals surface area contributed by atoms with E-state index in [4.69, 9.17) is 21.6 Å². The molecule has 1 N–H and O–H groups in total. The lowest BCUT2D eigenvalue weighted by atomic mass is 10.2. The molecule has 0 aliphatic carbocycles. The number of nitriles is 1. The Balaban J connectivity index is 2.45. The van der Waals surface area contributed by atoms with E-state index in [1.807, 2.05) is 6.07 Å². The number of anilines is 2. The van der Waals surface area contributed by atoms with Crippen LogP contribution >= 0.6 is 11.6 Å². The third-order valence-electron chi connectivity index (χ3n) is 2.62. The van der Waals surface area contributed by atoms with E-state index in [2.05, 4.69) is 10.3 Å². The summed E-state index contributed by atoms with van der Waals surface area (Å²) in [6.07, 6.45) is 0. The molecule has 21 heavy (non-hydrogen) atoms. The van der Waals surface area contributed by atoms with Crippen molar-refractivity contribution in [1.82, 2.24) is 4.98 Å². The van der Waals surface area contributed by atoms with Gasteiger partial charge in [0, 0.05) is 12.1 Å². The molecule has 2 rings (SSSR count). The highest BCUT2D eigenvalue weighted by atomic mass is 35.5. The Hall–Kier alpha value is -2.85. The first-order chi connectivity index (χ1) is 10.0. The molecule has 8 heteroatoms. The fourth-order valence-corrected chi connectivity index (χ4v) is 1.81. The van der Waals surface area contributed by atoms with Crippen LogP contribution in [0.15, 0.2) is 30.3 Å². The number of nitrogens with zero attached hydrogens (tertiary/aromatic N) is 3. The Morgan fingerprint density at radius 3 is 2.81 bits per heavy atom. The van der Waals surface area contributed by atoms with Crippen LogP contribution in [0.1, 0.15) is 5.56 Å². The molecule has 2 aromatic rings. The topological polar surface area (TPSA) is 101 Å². The second kappa shape index (κ2) is 6.07. The lowest BCUT2D eigenvalue weighted by molar-refractivity contribution is -0.384. The fourth-order valence-electron chi connectivity index (χ4n) is 1.66. The molecular weight excluding hydrogens is 296 g/mol. The molecule has 0 atom stereocenters. The molecule has 106 valence electrons. The first kappa shape index (κ1) is 14.6. The van der Waals surface area contributed by atoms with Crippen LogP contribution in [-0.4, -0.2) is 17.0 Å². The first-order valence-corrected chi connectivity index (χ1v) is 6.09. The maximum Gasteiger partial charge on any atom is 0.311 e. The van der Waals surface area contributed by atoms with Gasteiger partial charge in [0.05, 0.1) is 29.4 Å². The van der Waals surface area contributed by atoms with E-state index in [0.717, 1.165) is 0 Å². The van der Waals surface area contributed by atoms with Gasteiger partial charge in [-0.05, 0) is 18.2 Å². The summed E-state index contributed by atoms with van der Waals surface area (Å²) >= 11 is 5.76. The summed E-state index contributed by atoms with van der Waals surface area (Å²) in [5.41, 5.74) is 0.631. The van der Waals surface area contributed by atoms with Gasteiger partial charge in [-0.25, -0.2) is 4.98 Å². The van der Waals surface area contributed by atoms with E-state index in [0.29, 0.717) is 17.0 Å². The number of rotatable bonds is 4. The predicted octanol–water partition coefficient (Wildman–Crippen LogP) is 3.27. The maximum atomic E-state index is 11.0. The van der Waals surface area contributed by atoms with Crippen molar-refractivity contribution < 1.29 is 9.66 Å². The fraction of sp³-hybridized carbons (Fsp3) is 0.0769. The Kier molecular flexibility index (Phi) is 4.21. The summed E-state index contributed by atoms with van der Waals surface area (Å²) < 4.78 is 5.15. The molecule has 0 radical (unpaired) electrons. The number of pyridine rings is 1. The van der Waals surface area contributed by atoms with Crippen LogP contribution in [0.3, 0.4) is 0 Å². The van der Waals surface area contributed by atoms with Gasteiger partial charge in [-0.15, -0.1) is 0 Å². The predicted molar refractivity (Wildman–Crippen MR) is 76.9 cm³/mol. The Morgan fingerprint density at radius 2 is 2.19 bits per heavy atom. The van der Waals surface area contributed by atoms with Crippen LogP contribution < -0.4 is 10.1 Å². The quantitative estimate of drug-likeness (QED) is 0.528. The number of nitrogens with one attached hydrogen (secondary N) is 1. The van der Waals surface area contributed by atoms with Crippen molar-refractivity contribution in [2.75, 3.05) is 12.4 Å². The Bertz CT molecular complexity index is 743.